The molecule has 1 saturated heterocycles. The molecule has 0 bridgehead atoms. The van der Waals surface area contributed by atoms with Crippen molar-refractivity contribution in [1.82, 2.24) is 4.90 Å². The van der Waals surface area contributed by atoms with Crippen LogP contribution in [0.5, 0.6) is 0 Å². The first-order chi connectivity index (χ1) is 8.91. The van der Waals surface area contributed by atoms with E-state index in [1.54, 1.807) is 4.90 Å². The summed E-state index contributed by atoms with van der Waals surface area (Å²) in [5.41, 5.74) is -1.08. The number of rotatable bonds is 4. The van der Waals surface area contributed by atoms with E-state index in [1.165, 1.54) is 0 Å². The number of aliphatic carboxylic acids is 1. The van der Waals surface area contributed by atoms with Crippen molar-refractivity contribution in [2.75, 3.05) is 19.7 Å². The van der Waals surface area contributed by atoms with Crippen LogP contribution in [-0.2, 0) is 14.3 Å². The Labute approximate surface area is 113 Å². The zero-order valence-electron chi connectivity index (χ0n) is 11.8. The van der Waals surface area contributed by atoms with Gasteiger partial charge >= 0.3 is 5.97 Å². The van der Waals surface area contributed by atoms with Crippen molar-refractivity contribution in [3.05, 3.63) is 0 Å². The van der Waals surface area contributed by atoms with Crippen LogP contribution < -0.4 is 0 Å². The van der Waals surface area contributed by atoms with Crippen LogP contribution in [0.3, 0.4) is 0 Å². The predicted molar refractivity (Wildman–Crippen MR) is 69.8 cm³/mol. The van der Waals surface area contributed by atoms with Gasteiger partial charge in [-0.1, -0.05) is 13.3 Å². The highest BCUT2D eigenvalue weighted by atomic mass is 16.5. The minimum atomic E-state index is -0.821. The summed E-state index contributed by atoms with van der Waals surface area (Å²) in [7, 11) is 0. The average molecular weight is 269 g/mol. The molecule has 1 N–H and O–H groups in total. The minimum absolute atomic E-state index is 0.0370. The molecule has 2 aliphatic rings. The van der Waals surface area contributed by atoms with Crippen LogP contribution in [0.4, 0.5) is 0 Å². The number of hydrogen-bond acceptors (Lipinski definition) is 3. The molecule has 0 aromatic carbocycles. The number of hydrogen-bond donors (Lipinski definition) is 1. The predicted octanol–water partition coefficient (Wildman–Crippen LogP) is 1.66. The fraction of sp³-hybridized carbons (Fsp3) is 0.857. The van der Waals surface area contributed by atoms with E-state index in [0.717, 1.165) is 12.8 Å². The molecule has 1 amide bonds. The topological polar surface area (TPSA) is 66.8 Å². The van der Waals surface area contributed by atoms with Gasteiger partial charge in [0.25, 0.3) is 0 Å². The first kappa shape index (κ1) is 14.3. The number of carbonyl (C=O) groups is 2. The number of carbonyl (C=O) groups excluding carboxylic acids is 1. The fourth-order valence-electron chi connectivity index (χ4n) is 2.83. The van der Waals surface area contributed by atoms with Gasteiger partial charge in [0.1, 0.15) is 0 Å². The molecule has 19 heavy (non-hydrogen) atoms. The Kier molecular flexibility index (Phi) is 3.85. The van der Waals surface area contributed by atoms with Gasteiger partial charge in [0, 0.05) is 19.5 Å². The summed E-state index contributed by atoms with van der Waals surface area (Å²) < 4.78 is 5.70. The summed E-state index contributed by atoms with van der Waals surface area (Å²) in [5.74, 6) is -0.858. The maximum absolute atomic E-state index is 12.3. The Morgan fingerprint density at radius 3 is 2.53 bits per heavy atom. The van der Waals surface area contributed by atoms with Crippen LogP contribution >= 0.6 is 0 Å². The molecule has 0 radical (unpaired) electrons. The van der Waals surface area contributed by atoms with Crippen molar-refractivity contribution in [3.8, 4) is 0 Å². The van der Waals surface area contributed by atoms with E-state index >= 15 is 0 Å². The molecule has 1 aliphatic carbocycles. The standard InChI is InChI=1S/C14H23NO4/c1-3-13(2)10-15(7-8-19-13)11(16)9-14(12(17)18)5-4-6-14/h3-10H2,1-2H3,(H,17,18). The van der Waals surface area contributed by atoms with E-state index in [9.17, 15) is 14.7 Å². The van der Waals surface area contributed by atoms with Crippen molar-refractivity contribution >= 4 is 11.9 Å². The quantitative estimate of drug-likeness (QED) is 0.843. The molecule has 1 aliphatic heterocycles. The van der Waals surface area contributed by atoms with Gasteiger partial charge in [-0.15, -0.1) is 0 Å². The maximum atomic E-state index is 12.3. The van der Waals surface area contributed by atoms with Gasteiger partial charge in [0.05, 0.1) is 17.6 Å². The summed E-state index contributed by atoms with van der Waals surface area (Å²) >= 11 is 0. The van der Waals surface area contributed by atoms with Gasteiger partial charge in [-0.05, 0) is 26.2 Å². The third kappa shape index (κ3) is 2.76. The van der Waals surface area contributed by atoms with Crippen LogP contribution in [0.1, 0.15) is 46.0 Å². The SMILES string of the molecule is CCC1(C)CN(C(=O)CC2(C(=O)O)CCC2)CCO1. The Morgan fingerprint density at radius 1 is 1.37 bits per heavy atom. The van der Waals surface area contributed by atoms with Crippen LogP contribution in [0, 0.1) is 5.41 Å². The summed E-state index contributed by atoms with van der Waals surface area (Å²) in [6, 6.07) is 0. The molecule has 1 atom stereocenters. The number of morpholine rings is 1. The third-order valence-electron chi connectivity index (χ3n) is 4.69. The van der Waals surface area contributed by atoms with Gasteiger partial charge in [-0.2, -0.15) is 0 Å². The van der Waals surface area contributed by atoms with Gasteiger partial charge in [-0.3, -0.25) is 9.59 Å². The Bertz CT molecular complexity index is 378. The highest BCUT2D eigenvalue weighted by molar-refractivity contribution is 5.85. The van der Waals surface area contributed by atoms with Crippen molar-refractivity contribution in [2.45, 2.75) is 51.6 Å². The lowest BCUT2D eigenvalue weighted by Crippen LogP contribution is -2.53. The van der Waals surface area contributed by atoms with E-state index < -0.39 is 11.4 Å². The summed E-state index contributed by atoms with van der Waals surface area (Å²) in [4.78, 5) is 25.4. The highest BCUT2D eigenvalue weighted by Crippen LogP contribution is 2.44. The number of ether oxygens (including phenoxy) is 1. The molecule has 5 nitrogen and oxygen atoms in total. The molecule has 1 saturated carbocycles. The molecule has 2 rings (SSSR count). The number of amides is 1. The zero-order valence-corrected chi connectivity index (χ0v) is 11.8. The van der Waals surface area contributed by atoms with Gasteiger partial charge in [0.15, 0.2) is 0 Å². The van der Waals surface area contributed by atoms with E-state index in [-0.39, 0.29) is 17.9 Å². The van der Waals surface area contributed by atoms with Gasteiger partial charge < -0.3 is 14.7 Å². The molecular weight excluding hydrogens is 246 g/mol. The molecule has 0 aromatic heterocycles. The largest absolute Gasteiger partial charge is 0.481 e. The highest BCUT2D eigenvalue weighted by Gasteiger charge is 2.47. The van der Waals surface area contributed by atoms with Crippen molar-refractivity contribution in [1.29, 1.82) is 0 Å². The second kappa shape index (κ2) is 5.12. The van der Waals surface area contributed by atoms with E-state index in [4.69, 9.17) is 4.74 Å². The summed E-state index contributed by atoms with van der Waals surface area (Å²) in [6.45, 7) is 5.72. The van der Waals surface area contributed by atoms with Crippen LogP contribution in [0.15, 0.2) is 0 Å². The monoisotopic (exact) mass is 269 g/mol. The van der Waals surface area contributed by atoms with Gasteiger partial charge in [0.2, 0.25) is 5.91 Å². The smallest absolute Gasteiger partial charge is 0.310 e. The Balaban J connectivity index is 1.98. The van der Waals surface area contributed by atoms with E-state index in [0.29, 0.717) is 32.5 Å². The molecule has 0 spiro atoms. The second-order valence-electron chi connectivity index (χ2n) is 6.08. The summed E-state index contributed by atoms with van der Waals surface area (Å²) in [6.07, 6.45) is 3.16. The molecule has 1 heterocycles. The first-order valence-corrected chi connectivity index (χ1v) is 7.06. The van der Waals surface area contributed by atoms with Crippen molar-refractivity contribution in [3.63, 3.8) is 0 Å². The van der Waals surface area contributed by atoms with E-state index in [2.05, 4.69) is 0 Å². The lowest BCUT2D eigenvalue weighted by atomic mass is 9.66. The average Bonchev–Trinajstić information content (AvgIpc) is 2.33. The Morgan fingerprint density at radius 2 is 2.05 bits per heavy atom. The van der Waals surface area contributed by atoms with Crippen LogP contribution in [0.2, 0.25) is 0 Å². The third-order valence-corrected chi connectivity index (χ3v) is 4.69. The molecule has 108 valence electrons. The number of carboxylic acid groups (broad SMARTS) is 1. The van der Waals surface area contributed by atoms with Crippen LogP contribution in [0.25, 0.3) is 0 Å². The molecule has 2 fully saturated rings. The van der Waals surface area contributed by atoms with Gasteiger partial charge in [-0.25, -0.2) is 0 Å². The Hall–Kier alpha value is -1.10. The molecule has 5 heteroatoms. The van der Waals surface area contributed by atoms with E-state index in [1.807, 2.05) is 13.8 Å². The lowest BCUT2D eigenvalue weighted by molar-refractivity contribution is -0.164. The molecular formula is C14H23NO4. The fourth-order valence-corrected chi connectivity index (χ4v) is 2.83. The maximum Gasteiger partial charge on any atom is 0.310 e. The lowest BCUT2D eigenvalue weighted by Gasteiger charge is -2.43. The number of carboxylic acids is 1. The first-order valence-electron chi connectivity index (χ1n) is 7.06. The number of nitrogens with zero attached hydrogens (tertiary/aromatic N) is 1. The van der Waals surface area contributed by atoms with Crippen LogP contribution in [-0.4, -0.2) is 47.2 Å². The van der Waals surface area contributed by atoms with Crippen molar-refractivity contribution in [2.24, 2.45) is 5.41 Å². The zero-order chi connectivity index (χ0) is 14.1. The van der Waals surface area contributed by atoms with Crippen molar-refractivity contribution < 1.29 is 19.4 Å². The minimum Gasteiger partial charge on any atom is -0.481 e. The normalized spacial score (nSPS) is 29.7. The second-order valence-corrected chi connectivity index (χ2v) is 6.08. The summed E-state index contributed by atoms with van der Waals surface area (Å²) in [5, 5.41) is 9.28. The molecule has 0 aromatic rings. The molecule has 1 unspecified atom stereocenters.